The third-order valence-electron chi connectivity index (χ3n) is 4.13. The predicted octanol–water partition coefficient (Wildman–Crippen LogP) is 1.13. The highest BCUT2D eigenvalue weighted by Crippen LogP contribution is 2.62. The third kappa shape index (κ3) is 1.65. The molecule has 0 radical (unpaired) electrons. The Hall–Kier alpha value is -0.570. The van der Waals surface area contributed by atoms with Crippen molar-refractivity contribution >= 4 is 5.91 Å². The average molecular weight is 198 g/mol. The van der Waals surface area contributed by atoms with E-state index in [9.17, 15) is 4.79 Å². The van der Waals surface area contributed by atoms with Crippen molar-refractivity contribution in [1.82, 2.24) is 5.32 Å². The molecular formula is C11H22N2O. The van der Waals surface area contributed by atoms with Crippen LogP contribution < -0.4 is 11.1 Å². The number of nitrogens with one attached hydrogen (secondary N) is 1. The molecule has 0 saturated heterocycles. The second-order valence-electron chi connectivity index (χ2n) is 5.59. The monoisotopic (exact) mass is 198 g/mol. The molecule has 1 amide bonds. The molecule has 0 aromatic carbocycles. The van der Waals surface area contributed by atoms with E-state index in [1.165, 1.54) is 0 Å². The van der Waals surface area contributed by atoms with Crippen LogP contribution in [0.15, 0.2) is 0 Å². The Bertz CT molecular complexity index is 232. The molecule has 1 fully saturated rings. The van der Waals surface area contributed by atoms with Crippen LogP contribution >= 0.6 is 0 Å². The lowest BCUT2D eigenvalue weighted by Gasteiger charge is -2.10. The van der Waals surface area contributed by atoms with Gasteiger partial charge in [0, 0.05) is 18.5 Å². The van der Waals surface area contributed by atoms with E-state index in [1.807, 2.05) is 6.92 Å². The molecule has 0 aromatic heterocycles. The van der Waals surface area contributed by atoms with Crippen molar-refractivity contribution in [2.24, 2.45) is 22.5 Å². The quantitative estimate of drug-likeness (QED) is 0.711. The molecule has 3 nitrogen and oxygen atoms in total. The van der Waals surface area contributed by atoms with E-state index in [4.69, 9.17) is 5.73 Å². The largest absolute Gasteiger partial charge is 0.369 e. The number of hydrogen-bond donors (Lipinski definition) is 2. The lowest BCUT2D eigenvalue weighted by molar-refractivity contribution is -0.121. The van der Waals surface area contributed by atoms with Gasteiger partial charge in [-0.2, -0.15) is 0 Å². The fraction of sp³-hybridized carbons (Fsp3) is 0.909. The topological polar surface area (TPSA) is 55.1 Å². The van der Waals surface area contributed by atoms with Gasteiger partial charge in [-0.05, 0) is 10.8 Å². The van der Waals surface area contributed by atoms with Gasteiger partial charge < -0.3 is 11.1 Å². The summed E-state index contributed by atoms with van der Waals surface area (Å²) < 4.78 is 0. The second kappa shape index (κ2) is 3.23. The molecule has 0 heterocycles. The molecule has 3 N–H and O–H groups in total. The van der Waals surface area contributed by atoms with E-state index in [1.54, 1.807) is 0 Å². The first kappa shape index (κ1) is 11.5. The van der Waals surface area contributed by atoms with Crippen LogP contribution in [0.3, 0.4) is 0 Å². The molecule has 14 heavy (non-hydrogen) atoms. The summed E-state index contributed by atoms with van der Waals surface area (Å²) in [6, 6.07) is 0.497. The van der Waals surface area contributed by atoms with Crippen LogP contribution in [-0.4, -0.2) is 18.5 Å². The lowest BCUT2D eigenvalue weighted by Crippen LogP contribution is -2.34. The van der Waals surface area contributed by atoms with Gasteiger partial charge in [-0.3, -0.25) is 4.79 Å². The molecule has 0 aromatic rings. The molecule has 0 spiro atoms. The van der Waals surface area contributed by atoms with E-state index in [0.717, 1.165) is 0 Å². The molecule has 1 saturated carbocycles. The summed E-state index contributed by atoms with van der Waals surface area (Å²) >= 11 is 0. The van der Waals surface area contributed by atoms with E-state index in [2.05, 4.69) is 33.0 Å². The molecule has 0 aliphatic heterocycles. The van der Waals surface area contributed by atoms with Crippen molar-refractivity contribution in [2.75, 3.05) is 6.54 Å². The van der Waals surface area contributed by atoms with Crippen LogP contribution in [0.5, 0.6) is 0 Å². The zero-order chi connectivity index (χ0) is 11.1. The number of hydrogen-bond acceptors (Lipinski definition) is 2. The number of rotatable bonds is 4. The van der Waals surface area contributed by atoms with Crippen LogP contribution in [-0.2, 0) is 4.79 Å². The predicted molar refractivity (Wildman–Crippen MR) is 57.7 cm³/mol. The Balaban J connectivity index is 2.39. The molecule has 0 bridgehead atoms. The molecule has 82 valence electrons. The van der Waals surface area contributed by atoms with Gasteiger partial charge in [0.1, 0.15) is 0 Å². The van der Waals surface area contributed by atoms with Crippen molar-refractivity contribution in [1.29, 1.82) is 0 Å². The van der Waals surface area contributed by atoms with Gasteiger partial charge in [-0.25, -0.2) is 0 Å². The van der Waals surface area contributed by atoms with Crippen LogP contribution in [0.4, 0.5) is 0 Å². The Morgan fingerprint density at radius 3 is 2.07 bits per heavy atom. The molecule has 1 aliphatic carbocycles. The van der Waals surface area contributed by atoms with Crippen molar-refractivity contribution < 1.29 is 4.79 Å². The summed E-state index contributed by atoms with van der Waals surface area (Å²) in [5.74, 6) is -0.309. The van der Waals surface area contributed by atoms with Crippen molar-refractivity contribution in [2.45, 2.75) is 40.7 Å². The fourth-order valence-electron chi connectivity index (χ4n) is 2.10. The van der Waals surface area contributed by atoms with E-state index >= 15 is 0 Å². The number of primary amides is 1. The second-order valence-corrected chi connectivity index (χ2v) is 5.59. The highest BCUT2D eigenvalue weighted by molar-refractivity contribution is 5.76. The van der Waals surface area contributed by atoms with Crippen LogP contribution in [0.2, 0.25) is 0 Å². The van der Waals surface area contributed by atoms with Gasteiger partial charge in [-0.15, -0.1) is 0 Å². The van der Waals surface area contributed by atoms with Crippen molar-refractivity contribution in [3.05, 3.63) is 0 Å². The minimum atomic E-state index is -0.228. The summed E-state index contributed by atoms with van der Waals surface area (Å²) in [5.41, 5.74) is 5.85. The summed E-state index contributed by atoms with van der Waals surface area (Å²) in [7, 11) is 0. The van der Waals surface area contributed by atoms with Crippen molar-refractivity contribution in [3.63, 3.8) is 0 Å². The maximum absolute atomic E-state index is 10.8. The molecule has 1 aliphatic rings. The van der Waals surface area contributed by atoms with Gasteiger partial charge in [0.15, 0.2) is 0 Å². The van der Waals surface area contributed by atoms with E-state index in [0.29, 0.717) is 23.4 Å². The van der Waals surface area contributed by atoms with E-state index in [-0.39, 0.29) is 11.8 Å². The molecule has 1 unspecified atom stereocenters. The number of nitrogens with two attached hydrogens (primary N) is 1. The summed E-state index contributed by atoms with van der Waals surface area (Å²) in [5, 5.41) is 3.42. The zero-order valence-electron chi connectivity index (χ0n) is 9.85. The Kier molecular flexibility index (Phi) is 2.65. The number of amides is 1. The Morgan fingerprint density at radius 2 is 1.79 bits per heavy atom. The van der Waals surface area contributed by atoms with Crippen LogP contribution in [0.1, 0.15) is 34.6 Å². The Labute approximate surface area is 86.4 Å². The molecule has 1 rings (SSSR count). The van der Waals surface area contributed by atoms with Crippen LogP contribution in [0, 0.1) is 16.7 Å². The summed E-state index contributed by atoms with van der Waals surface area (Å²) in [6.07, 6.45) is 0. The minimum Gasteiger partial charge on any atom is -0.369 e. The van der Waals surface area contributed by atoms with Crippen LogP contribution in [0.25, 0.3) is 0 Å². The highest BCUT2D eigenvalue weighted by Gasteiger charge is 2.64. The van der Waals surface area contributed by atoms with Gasteiger partial charge in [0.25, 0.3) is 0 Å². The molecule has 3 heteroatoms. The minimum absolute atomic E-state index is 0.0813. The summed E-state index contributed by atoms with van der Waals surface area (Å²) in [4.78, 5) is 10.8. The lowest BCUT2D eigenvalue weighted by atomic mass is 10.0. The first-order chi connectivity index (χ1) is 6.21. The van der Waals surface area contributed by atoms with Gasteiger partial charge >= 0.3 is 0 Å². The first-order valence-corrected chi connectivity index (χ1v) is 5.24. The first-order valence-electron chi connectivity index (χ1n) is 5.24. The number of carbonyl (C=O) groups excluding carboxylic acids is 1. The highest BCUT2D eigenvalue weighted by atomic mass is 16.1. The third-order valence-corrected chi connectivity index (χ3v) is 4.13. The summed E-state index contributed by atoms with van der Waals surface area (Å²) in [6.45, 7) is 11.5. The Morgan fingerprint density at radius 1 is 1.36 bits per heavy atom. The van der Waals surface area contributed by atoms with Gasteiger partial charge in [0.05, 0.1) is 0 Å². The SMILES string of the molecule is CC(CNC1C(C)(C)C1(C)C)C(N)=O. The fourth-order valence-corrected chi connectivity index (χ4v) is 2.10. The van der Waals surface area contributed by atoms with E-state index < -0.39 is 0 Å². The van der Waals surface area contributed by atoms with Gasteiger partial charge in [-0.1, -0.05) is 34.6 Å². The molecule has 1 atom stereocenters. The number of carbonyl (C=O) groups is 1. The zero-order valence-corrected chi connectivity index (χ0v) is 9.85. The maximum atomic E-state index is 10.8. The smallest absolute Gasteiger partial charge is 0.221 e. The average Bonchev–Trinajstić information content (AvgIpc) is 2.39. The normalized spacial score (nSPS) is 25.8. The molecular weight excluding hydrogens is 176 g/mol. The van der Waals surface area contributed by atoms with Crippen molar-refractivity contribution in [3.8, 4) is 0 Å². The van der Waals surface area contributed by atoms with Gasteiger partial charge in [0.2, 0.25) is 5.91 Å². The maximum Gasteiger partial charge on any atom is 0.221 e. The standard InChI is InChI=1S/C11H22N2O/c1-7(8(12)14)6-13-9-10(2,3)11(9,4)5/h7,9,13H,6H2,1-5H3,(H2,12,14).